The standard InChI is InChI=1S/C10H14N2O2.C2H6/c1-8(13)14-7-9-3-5-10(6-4-9)12-11-2;1-2/h3-6,11-12H,7H2,1-2H3;1-2H3. The third-order valence-corrected chi connectivity index (χ3v) is 1.67. The smallest absolute Gasteiger partial charge is 0.302 e. The number of hydrazine groups is 1. The molecule has 0 spiro atoms. The molecule has 4 heteroatoms. The van der Waals surface area contributed by atoms with Crippen LogP contribution in [0.3, 0.4) is 0 Å². The fraction of sp³-hybridized carbons (Fsp3) is 0.417. The highest BCUT2D eigenvalue weighted by atomic mass is 16.5. The lowest BCUT2D eigenvalue weighted by atomic mass is 10.2. The van der Waals surface area contributed by atoms with Crippen molar-refractivity contribution in [2.45, 2.75) is 27.4 Å². The average Bonchev–Trinajstić information content (AvgIpc) is 2.31. The van der Waals surface area contributed by atoms with Crippen molar-refractivity contribution in [2.24, 2.45) is 0 Å². The minimum absolute atomic E-state index is 0.262. The van der Waals surface area contributed by atoms with Gasteiger partial charge in [-0.1, -0.05) is 26.0 Å². The Morgan fingerprint density at radius 1 is 1.25 bits per heavy atom. The van der Waals surface area contributed by atoms with Crippen LogP contribution in [0.15, 0.2) is 24.3 Å². The zero-order chi connectivity index (χ0) is 12.4. The number of hydrogen-bond acceptors (Lipinski definition) is 4. The number of carbonyl (C=O) groups excluding carboxylic acids is 1. The fourth-order valence-corrected chi connectivity index (χ4v) is 1.01. The van der Waals surface area contributed by atoms with E-state index in [0.29, 0.717) is 6.61 Å². The maximum atomic E-state index is 10.5. The Labute approximate surface area is 97.0 Å². The lowest BCUT2D eigenvalue weighted by Gasteiger charge is -2.05. The van der Waals surface area contributed by atoms with E-state index in [9.17, 15) is 4.79 Å². The van der Waals surface area contributed by atoms with Gasteiger partial charge in [0, 0.05) is 19.7 Å². The summed E-state index contributed by atoms with van der Waals surface area (Å²) in [6, 6.07) is 7.63. The summed E-state index contributed by atoms with van der Waals surface area (Å²) in [6.07, 6.45) is 0. The van der Waals surface area contributed by atoms with Crippen LogP contribution >= 0.6 is 0 Å². The summed E-state index contributed by atoms with van der Waals surface area (Å²) in [5.74, 6) is -0.262. The quantitative estimate of drug-likeness (QED) is 0.608. The van der Waals surface area contributed by atoms with Crippen molar-refractivity contribution in [1.29, 1.82) is 0 Å². The van der Waals surface area contributed by atoms with Gasteiger partial charge >= 0.3 is 5.97 Å². The molecule has 0 aromatic heterocycles. The predicted octanol–water partition coefficient (Wildman–Crippen LogP) is 2.32. The highest BCUT2D eigenvalue weighted by molar-refractivity contribution is 5.65. The van der Waals surface area contributed by atoms with Crippen LogP contribution in [0.2, 0.25) is 0 Å². The van der Waals surface area contributed by atoms with Crippen LogP contribution in [0.1, 0.15) is 26.3 Å². The zero-order valence-corrected chi connectivity index (χ0v) is 10.3. The number of nitrogens with one attached hydrogen (secondary N) is 2. The van der Waals surface area contributed by atoms with E-state index < -0.39 is 0 Å². The molecule has 1 aromatic carbocycles. The zero-order valence-electron chi connectivity index (χ0n) is 10.3. The first kappa shape index (κ1) is 14.5. The van der Waals surface area contributed by atoms with Gasteiger partial charge in [-0.05, 0) is 17.7 Å². The summed E-state index contributed by atoms with van der Waals surface area (Å²) >= 11 is 0. The Balaban J connectivity index is 0.00000106. The molecule has 1 rings (SSSR count). The van der Waals surface area contributed by atoms with E-state index in [-0.39, 0.29) is 5.97 Å². The lowest BCUT2D eigenvalue weighted by molar-refractivity contribution is -0.142. The molecular formula is C12H20N2O2. The molecule has 4 nitrogen and oxygen atoms in total. The monoisotopic (exact) mass is 224 g/mol. The minimum Gasteiger partial charge on any atom is -0.461 e. The van der Waals surface area contributed by atoms with Gasteiger partial charge in [0.15, 0.2) is 0 Å². The van der Waals surface area contributed by atoms with Crippen molar-refractivity contribution < 1.29 is 9.53 Å². The summed E-state index contributed by atoms with van der Waals surface area (Å²) in [7, 11) is 1.80. The second kappa shape index (κ2) is 8.73. The van der Waals surface area contributed by atoms with E-state index >= 15 is 0 Å². The fourth-order valence-electron chi connectivity index (χ4n) is 1.01. The second-order valence-electron chi connectivity index (χ2n) is 2.85. The molecule has 16 heavy (non-hydrogen) atoms. The number of rotatable bonds is 4. The Hall–Kier alpha value is -1.55. The topological polar surface area (TPSA) is 50.4 Å². The van der Waals surface area contributed by atoms with Crippen molar-refractivity contribution in [1.82, 2.24) is 5.43 Å². The number of anilines is 1. The number of esters is 1. The van der Waals surface area contributed by atoms with Crippen LogP contribution in [0.25, 0.3) is 0 Å². The third kappa shape index (κ3) is 6.03. The van der Waals surface area contributed by atoms with Gasteiger partial charge in [0.25, 0.3) is 0 Å². The summed E-state index contributed by atoms with van der Waals surface area (Å²) < 4.78 is 4.85. The molecule has 2 N–H and O–H groups in total. The molecule has 0 saturated carbocycles. The molecule has 0 bridgehead atoms. The molecule has 0 unspecified atom stereocenters. The SMILES string of the molecule is CC.CNNc1ccc(COC(C)=O)cc1. The lowest BCUT2D eigenvalue weighted by Crippen LogP contribution is -2.14. The van der Waals surface area contributed by atoms with Crippen LogP contribution in [-0.2, 0) is 16.1 Å². The third-order valence-electron chi connectivity index (χ3n) is 1.67. The maximum absolute atomic E-state index is 10.5. The minimum atomic E-state index is -0.262. The number of benzene rings is 1. The molecule has 90 valence electrons. The summed E-state index contributed by atoms with van der Waals surface area (Å²) in [5.41, 5.74) is 7.71. The number of carbonyl (C=O) groups is 1. The first-order chi connectivity index (χ1) is 7.72. The summed E-state index contributed by atoms with van der Waals surface area (Å²) in [5, 5.41) is 0. The normalized spacial score (nSPS) is 8.75. The first-order valence-electron chi connectivity index (χ1n) is 5.37. The molecule has 0 fully saturated rings. The summed E-state index contributed by atoms with van der Waals surface area (Å²) in [4.78, 5) is 10.5. The summed E-state index contributed by atoms with van der Waals surface area (Å²) in [6.45, 7) is 5.73. The molecule has 0 radical (unpaired) electrons. The Morgan fingerprint density at radius 2 is 1.81 bits per heavy atom. The first-order valence-corrected chi connectivity index (χ1v) is 5.37. The highest BCUT2D eigenvalue weighted by Crippen LogP contribution is 2.09. The number of ether oxygens (including phenoxy) is 1. The Morgan fingerprint density at radius 3 is 2.25 bits per heavy atom. The molecule has 0 amide bonds. The van der Waals surface area contributed by atoms with Crippen molar-refractivity contribution in [2.75, 3.05) is 12.5 Å². The molecular weight excluding hydrogens is 204 g/mol. The van der Waals surface area contributed by atoms with Crippen LogP contribution in [0.5, 0.6) is 0 Å². The van der Waals surface area contributed by atoms with Crippen molar-refractivity contribution in [3.05, 3.63) is 29.8 Å². The van der Waals surface area contributed by atoms with Crippen molar-refractivity contribution in [3.63, 3.8) is 0 Å². The Kier molecular flexibility index (Phi) is 7.89. The van der Waals surface area contributed by atoms with Gasteiger partial charge in [0.2, 0.25) is 0 Å². The largest absolute Gasteiger partial charge is 0.461 e. The molecule has 0 saturated heterocycles. The van der Waals surface area contributed by atoms with E-state index in [1.807, 2.05) is 38.1 Å². The van der Waals surface area contributed by atoms with E-state index in [4.69, 9.17) is 4.74 Å². The van der Waals surface area contributed by atoms with Gasteiger partial charge < -0.3 is 10.2 Å². The van der Waals surface area contributed by atoms with Crippen LogP contribution in [-0.4, -0.2) is 13.0 Å². The predicted molar refractivity (Wildman–Crippen MR) is 65.9 cm³/mol. The highest BCUT2D eigenvalue weighted by Gasteiger charge is 1.96. The van der Waals surface area contributed by atoms with E-state index in [2.05, 4.69) is 10.9 Å². The number of hydrogen-bond donors (Lipinski definition) is 2. The average molecular weight is 224 g/mol. The molecule has 0 heterocycles. The molecule has 0 aliphatic rings. The van der Waals surface area contributed by atoms with Crippen LogP contribution in [0, 0.1) is 0 Å². The van der Waals surface area contributed by atoms with Gasteiger partial charge in [-0.3, -0.25) is 4.79 Å². The van der Waals surface area contributed by atoms with Gasteiger partial charge in [-0.2, -0.15) is 0 Å². The van der Waals surface area contributed by atoms with E-state index in [1.165, 1.54) is 6.92 Å². The molecule has 0 atom stereocenters. The maximum Gasteiger partial charge on any atom is 0.302 e. The second-order valence-corrected chi connectivity index (χ2v) is 2.85. The van der Waals surface area contributed by atoms with Gasteiger partial charge in [0.1, 0.15) is 6.61 Å². The molecule has 0 aliphatic carbocycles. The van der Waals surface area contributed by atoms with Gasteiger partial charge in [-0.25, -0.2) is 5.43 Å². The van der Waals surface area contributed by atoms with E-state index in [0.717, 1.165) is 11.3 Å². The van der Waals surface area contributed by atoms with Crippen LogP contribution < -0.4 is 10.9 Å². The van der Waals surface area contributed by atoms with Gasteiger partial charge in [0.05, 0.1) is 0 Å². The van der Waals surface area contributed by atoms with Crippen LogP contribution in [0.4, 0.5) is 5.69 Å². The van der Waals surface area contributed by atoms with Crippen molar-refractivity contribution in [3.8, 4) is 0 Å². The van der Waals surface area contributed by atoms with Crippen molar-refractivity contribution >= 4 is 11.7 Å². The molecule has 0 aliphatic heterocycles. The van der Waals surface area contributed by atoms with E-state index in [1.54, 1.807) is 7.05 Å². The van der Waals surface area contributed by atoms with Gasteiger partial charge in [-0.15, -0.1) is 0 Å². The molecule has 1 aromatic rings. The Bertz CT molecular complexity index is 296.